The average Bonchev–Trinajstić information content (AvgIpc) is 2.64. The summed E-state index contributed by atoms with van der Waals surface area (Å²) in [4.78, 5) is 5.06. The van der Waals surface area contributed by atoms with E-state index in [4.69, 9.17) is 9.47 Å². The highest BCUT2D eigenvalue weighted by Gasteiger charge is 2.53. The van der Waals surface area contributed by atoms with Crippen molar-refractivity contribution in [2.45, 2.75) is 30.9 Å². The Hall–Kier alpha value is -0.160. The van der Waals surface area contributed by atoms with Gasteiger partial charge in [0.1, 0.15) is 0 Å². The van der Waals surface area contributed by atoms with Gasteiger partial charge in [-0.25, -0.2) is 0 Å². The first kappa shape index (κ1) is 11.6. The lowest BCUT2D eigenvalue weighted by Gasteiger charge is -2.57. The van der Waals surface area contributed by atoms with Crippen LogP contribution in [0.2, 0.25) is 0 Å². The summed E-state index contributed by atoms with van der Waals surface area (Å²) in [5.74, 6) is 0. The van der Waals surface area contributed by atoms with E-state index in [2.05, 4.69) is 16.8 Å². The number of ether oxygens (including phenoxy) is 2. The van der Waals surface area contributed by atoms with Crippen LogP contribution in [-0.4, -0.2) is 74.5 Å². The lowest BCUT2D eigenvalue weighted by Crippen LogP contribution is -2.68. The molecular formula is C14H24N2O2. The van der Waals surface area contributed by atoms with Gasteiger partial charge in [0.25, 0.3) is 0 Å². The highest BCUT2D eigenvalue weighted by Crippen LogP contribution is 2.44. The number of hydrogen-bond donors (Lipinski definition) is 0. The topological polar surface area (TPSA) is 24.9 Å². The van der Waals surface area contributed by atoms with E-state index < -0.39 is 0 Å². The summed E-state index contributed by atoms with van der Waals surface area (Å²) in [6, 6.07) is 0.680. The predicted molar refractivity (Wildman–Crippen MR) is 68.6 cm³/mol. The normalized spacial score (nSPS) is 38.8. The van der Waals surface area contributed by atoms with Gasteiger partial charge >= 0.3 is 0 Å². The summed E-state index contributed by atoms with van der Waals surface area (Å²) in [5, 5.41) is 0. The van der Waals surface area contributed by atoms with Crippen molar-refractivity contribution >= 4 is 0 Å². The molecule has 4 aliphatic heterocycles. The van der Waals surface area contributed by atoms with E-state index in [1.807, 2.05) is 0 Å². The molecule has 4 rings (SSSR count). The molecule has 0 aromatic heterocycles. The van der Waals surface area contributed by atoms with Crippen molar-refractivity contribution in [3.8, 4) is 0 Å². The number of likely N-dealkylation sites (tertiary alicyclic amines) is 2. The van der Waals surface area contributed by atoms with Crippen molar-refractivity contribution in [3.63, 3.8) is 0 Å². The Labute approximate surface area is 109 Å². The number of nitrogens with zero attached hydrogens (tertiary/aromatic N) is 2. The largest absolute Gasteiger partial charge is 0.380 e. The molecule has 4 nitrogen and oxygen atoms in total. The molecule has 18 heavy (non-hydrogen) atoms. The van der Waals surface area contributed by atoms with Gasteiger partial charge in [-0.3, -0.25) is 4.90 Å². The van der Waals surface area contributed by atoms with E-state index in [0.29, 0.717) is 11.5 Å². The first-order valence-corrected chi connectivity index (χ1v) is 7.33. The van der Waals surface area contributed by atoms with Gasteiger partial charge in [0.2, 0.25) is 0 Å². The Balaban J connectivity index is 1.34. The van der Waals surface area contributed by atoms with Gasteiger partial charge in [-0.2, -0.15) is 0 Å². The maximum absolute atomic E-state index is 6.22. The quantitative estimate of drug-likeness (QED) is 0.681. The van der Waals surface area contributed by atoms with Crippen LogP contribution in [0.3, 0.4) is 0 Å². The molecule has 4 heteroatoms. The maximum atomic E-state index is 6.22. The Morgan fingerprint density at radius 3 is 2.44 bits per heavy atom. The zero-order chi connectivity index (χ0) is 12.2. The third-order valence-electron chi connectivity index (χ3n) is 5.50. The van der Waals surface area contributed by atoms with Crippen LogP contribution in [0.15, 0.2) is 0 Å². The van der Waals surface area contributed by atoms with E-state index in [0.717, 1.165) is 19.8 Å². The van der Waals surface area contributed by atoms with Crippen LogP contribution in [0.4, 0.5) is 0 Å². The second-order valence-electron chi connectivity index (χ2n) is 7.05. The Morgan fingerprint density at radius 1 is 1.11 bits per heavy atom. The molecule has 1 atom stereocenters. The molecule has 0 radical (unpaired) electrons. The number of piperidine rings is 1. The van der Waals surface area contributed by atoms with Crippen molar-refractivity contribution in [1.82, 2.24) is 9.80 Å². The van der Waals surface area contributed by atoms with Crippen LogP contribution in [0.25, 0.3) is 0 Å². The molecule has 0 N–H and O–H groups in total. The lowest BCUT2D eigenvalue weighted by atomic mass is 9.76. The van der Waals surface area contributed by atoms with Crippen LogP contribution in [0.5, 0.6) is 0 Å². The molecule has 102 valence electrons. The van der Waals surface area contributed by atoms with Gasteiger partial charge < -0.3 is 14.4 Å². The van der Waals surface area contributed by atoms with E-state index in [-0.39, 0.29) is 5.60 Å². The molecule has 4 saturated heterocycles. The van der Waals surface area contributed by atoms with Gasteiger partial charge in [0.05, 0.1) is 25.4 Å². The molecule has 0 aromatic carbocycles. The fourth-order valence-corrected chi connectivity index (χ4v) is 4.08. The van der Waals surface area contributed by atoms with Crippen LogP contribution >= 0.6 is 0 Å². The van der Waals surface area contributed by atoms with E-state index >= 15 is 0 Å². The molecule has 2 spiro atoms. The zero-order valence-electron chi connectivity index (χ0n) is 11.4. The highest BCUT2D eigenvalue weighted by molar-refractivity contribution is 5.05. The van der Waals surface area contributed by atoms with E-state index in [1.54, 1.807) is 0 Å². The number of hydrogen-bond acceptors (Lipinski definition) is 4. The molecule has 0 aliphatic carbocycles. The van der Waals surface area contributed by atoms with Crippen LogP contribution in [0.1, 0.15) is 19.3 Å². The van der Waals surface area contributed by atoms with Crippen molar-refractivity contribution in [1.29, 1.82) is 0 Å². The Morgan fingerprint density at radius 2 is 1.83 bits per heavy atom. The SMILES string of the molecule is CN1CCC2(CC1)CC(N1CC3(COC3)C1)CO2. The molecule has 0 aromatic rings. The average molecular weight is 252 g/mol. The minimum absolute atomic E-state index is 0.218. The smallest absolute Gasteiger partial charge is 0.0723 e. The summed E-state index contributed by atoms with van der Waals surface area (Å²) in [6.45, 7) is 7.84. The molecule has 0 saturated carbocycles. The Bertz CT molecular complexity index is 327. The van der Waals surface area contributed by atoms with Gasteiger partial charge in [0, 0.05) is 37.6 Å². The summed E-state index contributed by atoms with van der Waals surface area (Å²) < 4.78 is 11.6. The summed E-state index contributed by atoms with van der Waals surface area (Å²) in [7, 11) is 2.22. The second kappa shape index (κ2) is 3.92. The highest BCUT2D eigenvalue weighted by atomic mass is 16.5. The maximum Gasteiger partial charge on any atom is 0.0723 e. The molecular weight excluding hydrogens is 228 g/mol. The van der Waals surface area contributed by atoms with Gasteiger partial charge in [-0.05, 0) is 26.3 Å². The minimum Gasteiger partial charge on any atom is -0.380 e. The summed E-state index contributed by atoms with van der Waals surface area (Å²) >= 11 is 0. The zero-order valence-corrected chi connectivity index (χ0v) is 11.4. The van der Waals surface area contributed by atoms with Crippen molar-refractivity contribution < 1.29 is 9.47 Å². The van der Waals surface area contributed by atoms with Crippen LogP contribution < -0.4 is 0 Å². The molecule has 0 amide bonds. The van der Waals surface area contributed by atoms with E-state index in [9.17, 15) is 0 Å². The standard InChI is InChI=1S/C14H24N2O2/c1-15-4-2-14(3-5-15)6-12(7-18-14)16-8-13(9-16)10-17-11-13/h12H,2-11H2,1H3. The lowest BCUT2D eigenvalue weighted by molar-refractivity contribution is -0.197. The molecule has 4 heterocycles. The molecule has 4 fully saturated rings. The van der Waals surface area contributed by atoms with Crippen LogP contribution in [0, 0.1) is 5.41 Å². The van der Waals surface area contributed by atoms with Crippen molar-refractivity contribution in [2.75, 3.05) is 53.0 Å². The van der Waals surface area contributed by atoms with Gasteiger partial charge in [0.15, 0.2) is 0 Å². The van der Waals surface area contributed by atoms with Crippen molar-refractivity contribution in [2.24, 2.45) is 5.41 Å². The predicted octanol–water partition coefficient (Wildman–Crippen LogP) is 0.572. The third kappa shape index (κ3) is 1.73. The monoisotopic (exact) mass is 252 g/mol. The van der Waals surface area contributed by atoms with Gasteiger partial charge in [-0.15, -0.1) is 0 Å². The van der Waals surface area contributed by atoms with E-state index in [1.165, 1.54) is 45.4 Å². The van der Waals surface area contributed by atoms with Crippen molar-refractivity contribution in [3.05, 3.63) is 0 Å². The first-order chi connectivity index (χ1) is 8.69. The first-order valence-electron chi connectivity index (χ1n) is 7.33. The fourth-order valence-electron chi connectivity index (χ4n) is 4.08. The minimum atomic E-state index is 0.218. The number of rotatable bonds is 1. The molecule has 0 bridgehead atoms. The summed E-state index contributed by atoms with van der Waals surface area (Å²) in [6.07, 6.45) is 3.71. The molecule has 4 aliphatic rings. The third-order valence-corrected chi connectivity index (χ3v) is 5.50. The Kier molecular flexibility index (Phi) is 2.54. The molecule has 1 unspecified atom stereocenters. The van der Waals surface area contributed by atoms with Gasteiger partial charge in [-0.1, -0.05) is 0 Å². The van der Waals surface area contributed by atoms with Crippen LogP contribution in [-0.2, 0) is 9.47 Å². The second-order valence-corrected chi connectivity index (χ2v) is 7.05. The fraction of sp³-hybridized carbons (Fsp3) is 1.00. The summed E-state index contributed by atoms with van der Waals surface area (Å²) in [5.41, 5.74) is 0.762.